The fourth-order valence-electron chi connectivity index (χ4n) is 3.45. The third-order valence-corrected chi connectivity index (χ3v) is 10.9. The van der Waals surface area contributed by atoms with E-state index < -0.39 is 13.8 Å². The van der Waals surface area contributed by atoms with Crippen LogP contribution in [0.25, 0.3) is 0 Å². The summed E-state index contributed by atoms with van der Waals surface area (Å²) in [5, 5.41) is 6.84. The summed E-state index contributed by atoms with van der Waals surface area (Å²) in [6, 6.07) is 1.70. The first-order valence-electron chi connectivity index (χ1n) is 9.72. The van der Waals surface area contributed by atoms with Crippen molar-refractivity contribution in [2.24, 2.45) is 5.92 Å². The fourth-order valence-corrected chi connectivity index (χ4v) is 6.20. The maximum absolute atomic E-state index is 14.0. The van der Waals surface area contributed by atoms with E-state index in [0.717, 1.165) is 12.8 Å². The van der Waals surface area contributed by atoms with Crippen molar-refractivity contribution < 1.29 is 23.0 Å². The van der Waals surface area contributed by atoms with Crippen LogP contribution in [-0.2, 0) is 28.7 Å². The predicted octanol–water partition coefficient (Wildman–Crippen LogP) is 2.82. The highest BCUT2D eigenvalue weighted by molar-refractivity contribution is 8.20. The van der Waals surface area contributed by atoms with Crippen LogP contribution in [0.2, 0.25) is 0 Å². The highest BCUT2D eigenvalue weighted by atomic mass is 32.3. The number of ether oxygens (including phenoxy) is 2. The molecule has 28 heavy (non-hydrogen) atoms. The first kappa shape index (κ1) is 23.0. The van der Waals surface area contributed by atoms with E-state index in [9.17, 15) is 9.00 Å². The van der Waals surface area contributed by atoms with Crippen molar-refractivity contribution in [1.82, 2.24) is 5.16 Å². The first-order valence-corrected chi connectivity index (χ1v) is 12.7. The van der Waals surface area contributed by atoms with Crippen LogP contribution >= 0.6 is 0 Å². The average Bonchev–Trinajstić information content (AvgIpc) is 3.04. The molecule has 1 amide bonds. The molecule has 0 saturated carbocycles. The maximum Gasteiger partial charge on any atom is 0.243 e. The molecule has 1 saturated heterocycles. The lowest BCUT2D eigenvalue weighted by Gasteiger charge is -2.49. The predicted molar refractivity (Wildman–Crippen MR) is 113 cm³/mol. The zero-order chi connectivity index (χ0) is 21.2. The SMILES string of the molecule is COCC(C)(C)c1cc(NC(=O)C(C)(C)S(C)(C)(=O)CC2CCOCC2)on1. The quantitative estimate of drug-likeness (QED) is 0.701. The highest BCUT2D eigenvalue weighted by Gasteiger charge is 2.50. The van der Waals surface area contributed by atoms with Gasteiger partial charge < -0.3 is 14.0 Å². The topological polar surface area (TPSA) is 90.7 Å². The lowest BCUT2D eigenvalue weighted by Crippen LogP contribution is -2.60. The van der Waals surface area contributed by atoms with Crippen molar-refractivity contribution in [3.05, 3.63) is 11.8 Å². The summed E-state index contributed by atoms with van der Waals surface area (Å²) in [6.45, 7) is 9.34. The Kier molecular flexibility index (Phi) is 6.48. The number of hydrogen-bond donors (Lipinski definition) is 1. The number of hydrogen-bond acceptors (Lipinski definition) is 6. The lowest BCUT2D eigenvalue weighted by molar-refractivity contribution is -0.118. The summed E-state index contributed by atoms with van der Waals surface area (Å²) in [7, 11) is -1.65. The molecule has 1 aromatic heterocycles. The Hall–Kier alpha value is -1.25. The van der Waals surface area contributed by atoms with Gasteiger partial charge in [0.05, 0.1) is 17.0 Å². The van der Waals surface area contributed by atoms with Crippen LogP contribution in [0.3, 0.4) is 0 Å². The minimum absolute atomic E-state index is 0.256. The van der Waals surface area contributed by atoms with Gasteiger partial charge in [0, 0.05) is 37.6 Å². The van der Waals surface area contributed by atoms with Crippen molar-refractivity contribution in [2.45, 2.75) is 50.7 Å². The number of rotatable bonds is 8. The van der Waals surface area contributed by atoms with Crippen LogP contribution < -0.4 is 5.32 Å². The number of methoxy groups -OCH3 is 1. The number of nitrogens with zero attached hydrogens (tertiary/aromatic N) is 1. The Morgan fingerprint density at radius 1 is 1.29 bits per heavy atom. The monoisotopic (exact) mass is 416 g/mol. The van der Waals surface area contributed by atoms with Gasteiger partial charge in [0.25, 0.3) is 0 Å². The molecule has 1 aliphatic heterocycles. The van der Waals surface area contributed by atoms with Crippen LogP contribution in [0, 0.1) is 5.92 Å². The van der Waals surface area contributed by atoms with Crippen LogP contribution in [-0.4, -0.2) is 65.2 Å². The second-order valence-electron chi connectivity index (χ2n) is 9.65. The van der Waals surface area contributed by atoms with E-state index in [1.165, 1.54) is 0 Å². The van der Waals surface area contributed by atoms with Crippen LogP contribution in [0.5, 0.6) is 0 Å². The Labute approximate surface area is 168 Å². The zero-order valence-corrected chi connectivity index (χ0v) is 19.1. The molecule has 0 atom stereocenters. The van der Waals surface area contributed by atoms with Crippen molar-refractivity contribution in [2.75, 3.05) is 50.5 Å². The third-order valence-electron chi connectivity index (χ3n) is 6.14. The first-order chi connectivity index (χ1) is 12.8. The number of carbonyl (C=O) groups is 1. The number of amides is 1. The summed E-state index contributed by atoms with van der Waals surface area (Å²) in [4.78, 5) is 13.1. The number of carbonyl (C=O) groups excluding carboxylic acids is 1. The molecule has 7 nitrogen and oxygen atoms in total. The minimum Gasteiger partial charge on any atom is -0.384 e. The summed E-state index contributed by atoms with van der Waals surface area (Å²) in [5.74, 6) is 0.756. The third kappa shape index (κ3) is 4.83. The van der Waals surface area contributed by atoms with Gasteiger partial charge in [-0.2, -0.15) is 0 Å². The molecule has 0 unspecified atom stereocenters. The van der Waals surface area contributed by atoms with Crippen molar-refractivity contribution in [3.8, 4) is 0 Å². The van der Waals surface area contributed by atoms with Gasteiger partial charge in [0.1, 0.15) is 0 Å². The van der Waals surface area contributed by atoms with Gasteiger partial charge in [-0.3, -0.25) is 14.3 Å². The Balaban J connectivity index is 2.15. The summed E-state index contributed by atoms with van der Waals surface area (Å²) in [5.41, 5.74) is 0.348. The molecule has 0 spiro atoms. The molecule has 8 heteroatoms. The summed E-state index contributed by atoms with van der Waals surface area (Å²) < 4.78 is 28.9. The number of nitrogens with one attached hydrogen (secondary N) is 1. The molecule has 0 radical (unpaired) electrons. The van der Waals surface area contributed by atoms with E-state index in [1.54, 1.807) is 39.5 Å². The van der Waals surface area contributed by atoms with E-state index in [4.69, 9.17) is 14.0 Å². The van der Waals surface area contributed by atoms with Gasteiger partial charge in [0.15, 0.2) is 0 Å². The van der Waals surface area contributed by atoms with Gasteiger partial charge in [-0.15, -0.1) is 0 Å². The van der Waals surface area contributed by atoms with E-state index in [2.05, 4.69) is 10.5 Å². The molecule has 0 aromatic carbocycles. The molecule has 0 bridgehead atoms. The molecule has 1 fully saturated rings. The van der Waals surface area contributed by atoms with E-state index in [-0.39, 0.29) is 17.2 Å². The molecular weight excluding hydrogens is 380 g/mol. The molecule has 2 rings (SSSR count). The van der Waals surface area contributed by atoms with Crippen molar-refractivity contribution in [3.63, 3.8) is 0 Å². The zero-order valence-electron chi connectivity index (χ0n) is 18.3. The molecule has 1 aromatic rings. The minimum atomic E-state index is -3.28. The smallest absolute Gasteiger partial charge is 0.243 e. The van der Waals surface area contributed by atoms with E-state index in [0.29, 0.717) is 37.2 Å². The second kappa shape index (κ2) is 7.88. The Morgan fingerprint density at radius 2 is 1.89 bits per heavy atom. The van der Waals surface area contributed by atoms with Crippen LogP contribution in [0.15, 0.2) is 10.6 Å². The maximum atomic E-state index is 14.0. The van der Waals surface area contributed by atoms with E-state index >= 15 is 0 Å². The molecular formula is C20H36N2O5S. The standard InChI is InChI=1S/C20H36N2O5S/c1-19(2,14-25-5)16-12-17(27-22-16)21-18(23)20(3,4)28(6,7,24)13-15-8-10-26-11-9-15/h12,15H,8-11,13-14H2,1-7H3,(H,21,23). The summed E-state index contributed by atoms with van der Waals surface area (Å²) >= 11 is 0. The molecule has 2 heterocycles. The van der Waals surface area contributed by atoms with Gasteiger partial charge in [-0.25, -0.2) is 0 Å². The normalized spacial score (nSPS) is 18.5. The van der Waals surface area contributed by atoms with Gasteiger partial charge in [-0.05, 0) is 45.1 Å². The second-order valence-corrected chi connectivity index (χ2v) is 15.2. The van der Waals surface area contributed by atoms with Crippen LogP contribution in [0.4, 0.5) is 5.88 Å². The van der Waals surface area contributed by atoms with Gasteiger partial charge >= 0.3 is 0 Å². The van der Waals surface area contributed by atoms with Gasteiger partial charge in [-0.1, -0.05) is 28.1 Å². The highest BCUT2D eigenvalue weighted by Crippen LogP contribution is 2.39. The molecule has 0 aliphatic carbocycles. The van der Waals surface area contributed by atoms with Gasteiger partial charge in [0.2, 0.25) is 11.8 Å². The largest absolute Gasteiger partial charge is 0.384 e. The fraction of sp³-hybridized carbons (Fsp3) is 0.800. The average molecular weight is 417 g/mol. The Morgan fingerprint density at radius 3 is 2.46 bits per heavy atom. The lowest BCUT2D eigenvalue weighted by atomic mass is 9.90. The van der Waals surface area contributed by atoms with Crippen LogP contribution in [0.1, 0.15) is 46.2 Å². The molecule has 162 valence electrons. The summed E-state index contributed by atoms with van der Waals surface area (Å²) in [6.07, 6.45) is 5.27. The number of aromatic nitrogens is 1. The van der Waals surface area contributed by atoms with Crippen molar-refractivity contribution >= 4 is 20.9 Å². The molecule has 1 aliphatic rings. The Bertz CT molecular complexity index is 756. The number of anilines is 1. The molecule has 1 N–H and O–H groups in total. The van der Waals surface area contributed by atoms with E-state index in [1.807, 2.05) is 13.8 Å². The van der Waals surface area contributed by atoms with Crippen molar-refractivity contribution in [1.29, 1.82) is 0 Å².